The summed E-state index contributed by atoms with van der Waals surface area (Å²) >= 11 is 0. The predicted molar refractivity (Wildman–Crippen MR) is 198 cm³/mol. The Bertz CT molecular complexity index is 1890. The second-order valence-corrected chi connectivity index (χ2v) is 14.1. The second kappa shape index (κ2) is 19.6. The van der Waals surface area contributed by atoms with Crippen LogP contribution in [0.4, 0.5) is 4.79 Å². The van der Waals surface area contributed by atoms with Crippen molar-refractivity contribution in [3.63, 3.8) is 0 Å². The molecule has 11 nitrogen and oxygen atoms in total. The molecule has 2 N–H and O–H groups in total. The van der Waals surface area contributed by atoms with E-state index >= 15 is 0 Å². The van der Waals surface area contributed by atoms with E-state index in [1.165, 1.54) is 0 Å². The van der Waals surface area contributed by atoms with Gasteiger partial charge in [-0.15, -0.1) is 0 Å². The summed E-state index contributed by atoms with van der Waals surface area (Å²) in [5.74, 6) is 0. The molecule has 5 aromatic carbocycles. The lowest BCUT2D eigenvalue weighted by Gasteiger charge is -2.47. The van der Waals surface area contributed by atoms with E-state index in [-0.39, 0.29) is 33.0 Å². The summed E-state index contributed by atoms with van der Waals surface area (Å²) in [6, 6.07) is 45.6. The molecule has 1 fully saturated rings. The van der Waals surface area contributed by atoms with Gasteiger partial charge in [-0.2, -0.15) is 0 Å². The highest BCUT2D eigenvalue weighted by atomic mass is 31.2. The highest BCUT2D eigenvalue weighted by molar-refractivity contribution is 7.47. The third-order valence-corrected chi connectivity index (χ3v) is 9.71. The summed E-state index contributed by atoms with van der Waals surface area (Å²) in [5, 5.41) is 12.1. The van der Waals surface area contributed by atoms with E-state index in [1.54, 1.807) is 36.4 Å². The predicted octanol–water partition coefficient (Wildman–Crippen LogP) is 7.54. The van der Waals surface area contributed by atoms with Gasteiger partial charge in [0.05, 0.1) is 26.4 Å². The number of phosphoric acid groups is 1. The van der Waals surface area contributed by atoms with Crippen molar-refractivity contribution >= 4 is 14.0 Å². The summed E-state index contributed by atoms with van der Waals surface area (Å²) in [6.07, 6.45) is -9.56. The van der Waals surface area contributed by atoms with Crippen molar-refractivity contribution in [3.05, 3.63) is 179 Å². The Balaban J connectivity index is 1.35. The van der Waals surface area contributed by atoms with E-state index in [0.29, 0.717) is 5.56 Å². The summed E-state index contributed by atoms with van der Waals surface area (Å²) in [6.45, 7) is -0.365. The van der Waals surface area contributed by atoms with Crippen molar-refractivity contribution in [2.24, 2.45) is 0 Å². The van der Waals surface area contributed by atoms with E-state index in [2.05, 4.69) is 0 Å². The average molecular weight is 755 g/mol. The zero-order chi connectivity index (χ0) is 37.6. The first kappa shape index (κ1) is 39.0. The molecule has 54 heavy (non-hydrogen) atoms. The molecule has 0 bridgehead atoms. The van der Waals surface area contributed by atoms with Crippen LogP contribution in [0.25, 0.3) is 0 Å². The third-order valence-electron chi connectivity index (χ3n) is 8.75. The van der Waals surface area contributed by atoms with E-state index in [0.717, 1.165) is 22.3 Å². The van der Waals surface area contributed by atoms with E-state index in [4.69, 9.17) is 32.7 Å². The van der Waals surface area contributed by atoms with Crippen LogP contribution in [0.15, 0.2) is 152 Å². The van der Waals surface area contributed by atoms with Gasteiger partial charge in [-0.1, -0.05) is 152 Å². The van der Waals surface area contributed by atoms with Crippen LogP contribution >= 0.6 is 7.82 Å². The molecule has 1 unspecified atom stereocenters. The van der Waals surface area contributed by atoms with Gasteiger partial charge in [0.1, 0.15) is 37.1 Å². The van der Waals surface area contributed by atoms with Gasteiger partial charge in [0.15, 0.2) is 6.10 Å². The van der Waals surface area contributed by atoms with Crippen molar-refractivity contribution in [1.29, 1.82) is 0 Å². The number of carbonyl (C=O) groups is 1. The summed E-state index contributed by atoms with van der Waals surface area (Å²) in [4.78, 5) is 24.6. The number of ether oxygens (including phenoxy) is 5. The Hall–Kier alpha value is -4.68. The summed E-state index contributed by atoms with van der Waals surface area (Å²) in [5.41, 5.74) is 3.65. The minimum absolute atomic E-state index is 0.00944. The maximum Gasteiger partial charge on any atom is 0.509 e. The number of hydrogen-bond donors (Lipinski definition) is 2. The molecule has 282 valence electrons. The Morgan fingerprint density at radius 1 is 0.481 bits per heavy atom. The number of benzene rings is 5. The maximum atomic E-state index is 13.7. The molecule has 0 aromatic heterocycles. The van der Waals surface area contributed by atoms with Gasteiger partial charge in [-0.05, 0) is 27.8 Å². The van der Waals surface area contributed by atoms with Crippen molar-refractivity contribution in [3.8, 4) is 0 Å². The molecule has 1 aliphatic carbocycles. The lowest BCUT2D eigenvalue weighted by Crippen LogP contribution is -2.67. The van der Waals surface area contributed by atoms with Crippen molar-refractivity contribution < 1.29 is 52.1 Å². The summed E-state index contributed by atoms with van der Waals surface area (Å²) < 4.78 is 55.7. The minimum Gasteiger partial charge on any atom is -0.429 e. The Labute approximate surface area is 314 Å². The highest BCUT2D eigenvalue weighted by Gasteiger charge is 2.57. The number of hydrogen-bond acceptors (Lipinski definition) is 10. The number of phosphoric ester groups is 1. The van der Waals surface area contributed by atoms with Gasteiger partial charge < -0.3 is 33.7 Å². The smallest absolute Gasteiger partial charge is 0.429 e. The molecular weight excluding hydrogens is 711 g/mol. The Morgan fingerprint density at radius 3 is 1.26 bits per heavy atom. The Morgan fingerprint density at radius 2 is 0.833 bits per heavy atom. The lowest BCUT2D eigenvalue weighted by molar-refractivity contribution is -0.260. The first-order chi connectivity index (χ1) is 26.3. The van der Waals surface area contributed by atoms with Crippen LogP contribution in [0, 0.1) is 0 Å². The average Bonchev–Trinajstić information content (AvgIpc) is 3.21. The van der Waals surface area contributed by atoms with Gasteiger partial charge in [0.2, 0.25) is 0 Å². The molecule has 0 amide bonds. The normalized spacial score (nSPS) is 22.2. The largest absolute Gasteiger partial charge is 0.509 e. The van der Waals surface area contributed by atoms with Crippen LogP contribution in [0.2, 0.25) is 0 Å². The molecule has 7 atom stereocenters. The molecular formula is C42H43O11P. The van der Waals surface area contributed by atoms with Crippen molar-refractivity contribution in [2.45, 2.75) is 69.7 Å². The monoisotopic (exact) mass is 754 g/mol. The number of carbonyl (C=O) groups excluding carboxylic acids is 1. The van der Waals surface area contributed by atoms with Crippen LogP contribution in [0.3, 0.4) is 0 Å². The zero-order valence-corrected chi connectivity index (χ0v) is 30.3. The molecule has 1 aliphatic rings. The van der Waals surface area contributed by atoms with Gasteiger partial charge in [0, 0.05) is 0 Å². The van der Waals surface area contributed by atoms with Crippen LogP contribution in [0.1, 0.15) is 27.8 Å². The Kier molecular flexibility index (Phi) is 14.2. The molecule has 0 spiro atoms. The SMILES string of the molecule is O=C(OCc1ccccc1)O[C@H]1[C@@H](OCc2ccccc2)[C@@H](OP(=O)(O)OCc2ccccc2)[C@H](OCc2ccccc2)[C@@H](O)[C@@H]1OCc1ccccc1. The van der Waals surface area contributed by atoms with E-state index in [9.17, 15) is 19.4 Å². The van der Waals surface area contributed by atoms with Gasteiger partial charge in [0.25, 0.3) is 0 Å². The van der Waals surface area contributed by atoms with Gasteiger partial charge in [-0.3, -0.25) is 9.05 Å². The van der Waals surface area contributed by atoms with Gasteiger partial charge in [-0.25, -0.2) is 9.36 Å². The molecule has 0 heterocycles. The maximum absolute atomic E-state index is 13.7. The van der Waals surface area contributed by atoms with Crippen molar-refractivity contribution in [1.82, 2.24) is 0 Å². The quantitative estimate of drug-likeness (QED) is 0.0719. The highest BCUT2D eigenvalue weighted by Crippen LogP contribution is 2.49. The molecule has 5 aromatic rings. The third kappa shape index (κ3) is 11.4. The number of rotatable bonds is 17. The number of aliphatic hydroxyl groups excluding tert-OH is 1. The molecule has 12 heteroatoms. The zero-order valence-electron chi connectivity index (χ0n) is 29.4. The fourth-order valence-corrected chi connectivity index (χ4v) is 6.96. The molecule has 0 aliphatic heterocycles. The summed E-state index contributed by atoms with van der Waals surface area (Å²) in [7, 11) is -4.90. The fraction of sp³-hybridized carbons (Fsp3) is 0.262. The van der Waals surface area contributed by atoms with E-state index < -0.39 is 50.6 Å². The second-order valence-electron chi connectivity index (χ2n) is 12.7. The first-order valence-corrected chi connectivity index (χ1v) is 19.1. The molecule has 1 saturated carbocycles. The van der Waals surface area contributed by atoms with Crippen LogP contribution in [0.5, 0.6) is 0 Å². The molecule has 0 radical (unpaired) electrons. The first-order valence-electron chi connectivity index (χ1n) is 17.6. The lowest BCUT2D eigenvalue weighted by atomic mass is 9.84. The van der Waals surface area contributed by atoms with Crippen LogP contribution in [-0.2, 0) is 70.3 Å². The van der Waals surface area contributed by atoms with Gasteiger partial charge >= 0.3 is 14.0 Å². The minimum atomic E-state index is -4.90. The van der Waals surface area contributed by atoms with Crippen LogP contribution < -0.4 is 0 Å². The topological polar surface area (TPSA) is 139 Å². The molecule has 0 saturated heterocycles. The van der Waals surface area contributed by atoms with Crippen molar-refractivity contribution in [2.75, 3.05) is 0 Å². The standard InChI is InChI=1S/C42H43O11P/c43-36-37(47-26-31-16-6-1-7-17-31)40(52-42(44)50-29-34-22-12-4-13-23-34)39(49-28-33-20-10-3-11-21-33)41(38(36)48-27-32-18-8-2-9-19-32)53-54(45,46)51-30-35-24-14-5-15-25-35/h1-25,36-41,43H,26-30H2,(H,45,46)/t36-,37-,38+,39+,40+,41-/m0/s1. The van der Waals surface area contributed by atoms with Crippen LogP contribution in [-0.4, -0.2) is 52.8 Å². The van der Waals surface area contributed by atoms with E-state index in [1.807, 2.05) is 115 Å². The number of aliphatic hydroxyl groups is 1. The fourth-order valence-electron chi connectivity index (χ4n) is 6.04. The molecule has 6 rings (SSSR count).